The average molecular weight is 436 g/mol. The third kappa shape index (κ3) is 3.36. The number of urea groups is 1. The molecule has 32 heavy (non-hydrogen) atoms. The first-order valence-electron chi connectivity index (χ1n) is 12.4. The predicted molar refractivity (Wildman–Crippen MR) is 127 cm³/mol. The Labute approximate surface area is 192 Å². The maximum Gasteiger partial charge on any atom is 0.319 e. The molecule has 5 heteroatoms. The van der Waals surface area contributed by atoms with Gasteiger partial charge in [0.05, 0.1) is 0 Å². The van der Waals surface area contributed by atoms with Crippen molar-refractivity contribution in [2.75, 3.05) is 18.9 Å². The number of hydrogen-bond acceptors (Lipinski definition) is 2. The Morgan fingerprint density at radius 1 is 1.06 bits per heavy atom. The number of likely N-dealkylation sites (N-methyl/N-ethyl adjacent to an activating group) is 1. The van der Waals surface area contributed by atoms with Crippen molar-refractivity contribution in [1.29, 1.82) is 0 Å². The molecule has 1 aliphatic heterocycles. The molecule has 0 radical (unpaired) electrons. The fourth-order valence-corrected chi connectivity index (χ4v) is 8.10. The molecule has 5 rings (SSSR count). The van der Waals surface area contributed by atoms with E-state index in [4.69, 9.17) is 0 Å². The second kappa shape index (κ2) is 7.93. The number of fused-ring (bicyclic) bond motifs is 5. The lowest BCUT2D eigenvalue weighted by molar-refractivity contribution is -0.138. The van der Waals surface area contributed by atoms with Gasteiger partial charge in [0.25, 0.3) is 0 Å². The summed E-state index contributed by atoms with van der Waals surface area (Å²) >= 11 is 0. The van der Waals surface area contributed by atoms with E-state index in [9.17, 15) is 9.59 Å². The Bertz CT molecular complexity index is 915. The highest BCUT2D eigenvalue weighted by atomic mass is 16.2. The van der Waals surface area contributed by atoms with E-state index in [2.05, 4.69) is 30.6 Å². The van der Waals surface area contributed by atoms with Gasteiger partial charge in [0.1, 0.15) is 0 Å². The minimum Gasteiger partial charge on any atom is -0.338 e. The lowest BCUT2D eigenvalue weighted by atomic mass is 9.47. The fourth-order valence-electron chi connectivity index (χ4n) is 8.10. The highest BCUT2D eigenvalue weighted by molar-refractivity contribution is 5.89. The molecule has 0 spiro atoms. The van der Waals surface area contributed by atoms with Gasteiger partial charge in [0, 0.05) is 30.7 Å². The van der Waals surface area contributed by atoms with Crippen LogP contribution in [0.15, 0.2) is 42.5 Å². The molecule has 1 unspecified atom stereocenters. The number of carbonyl (C=O) groups is 2. The molecule has 0 aromatic heterocycles. The summed E-state index contributed by atoms with van der Waals surface area (Å²) in [7, 11) is 1.99. The standard InChI is InChI=1S/C27H37N3O2/c1-26-15-13-22-20(10-12-23-27(22,2)16-14-24(31)30(23)3)21(26)11-9-18(26)17-28-25(32)29-19-7-5-4-6-8-19/h4-8,14,16,18,20-23H,9-13,15,17H2,1-3H3,(H2,28,29,32)/t18?,20-,21-,22-,23+,26+,27+/m0/s1. The van der Waals surface area contributed by atoms with Crippen LogP contribution in [0.4, 0.5) is 10.5 Å². The van der Waals surface area contributed by atoms with Crippen molar-refractivity contribution in [3.8, 4) is 0 Å². The molecule has 1 heterocycles. The van der Waals surface area contributed by atoms with Gasteiger partial charge in [-0.2, -0.15) is 0 Å². The van der Waals surface area contributed by atoms with Crippen molar-refractivity contribution < 1.29 is 9.59 Å². The lowest BCUT2D eigenvalue weighted by Gasteiger charge is -2.60. The molecular weight excluding hydrogens is 398 g/mol. The Hall–Kier alpha value is -2.30. The zero-order valence-corrected chi connectivity index (χ0v) is 19.6. The first-order valence-corrected chi connectivity index (χ1v) is 12.4. The lowest BCUT2D eigenvalue weighted by Crippen LogP contribution is -2.59. The van der Waals surface area contributed by atoms with Crippen LogP contribution in [0.5, 0.6) is 0 Å². The Morgan fingerprint density at radius 3 is 2.62 bits per heavy atom. The monoisotopic (exact) mass is 435 g/mol. The van der Waals surface area contributed by atoms with Crippen LogP contribution >= 0.6 is 0 Å². The largest absolute Gasteiger partial charge is 0.338 e. The van der Waals surface area contributed by atoms with Crippen LogP contribution in [0.25, 0.3) is 0 Å². The molecule has 0 bridgehead atoms. The third-order valence-corrected chi connectivity index (χ3v) is 9.86. The summed E-state index contributed by atoms with van der Waals surface area (Å²) in [6.45, 7) is 5.64. The number of anilines is 1. The van der Waals surface area contributed by atoms with Gasteiger partial charge in [-0.1, -0.05) is 38.1 Å². The summed E-state index contributed by atoms with van der Waals surface area (Å²) < 4.78 is 0. The predicted octanol–water partition coefficient (Wildman–Crippen LogP) is 5.06. The highest BCUT2D eigenvalue weighted by Gasteiger charge is 2.60. The first-order chi connectivity index (χ1) is 15.3. The third-order valence-electron chi connectivity index (χ3n) is 9.86. The molecule has 1 aromatic rings. The van der Waals surface area contributed by atoms with Gasteiger partial charge < -0.3 is 15.5 Å². The normalized spacial score (nSPS) is 40.3. The van der Waals surface area contributed by atoms with Gasteiger partial charge in [-0.25, -0.2) is 4.79 Å². The SMILES string of the molecule is CN1C(=O)C=C[C@]2(C)[C@H]3CC[C@]4(C)C(CNC(=O)Nc5ccccc5)CC[C@H]4[C@@H]3CC[C@@H]12. The van der Waals surface area contributed by atoms with E-state index in [1.165, 1.54) is 32.1 Å². The highest BCUT2D eigenvalue weighted by Crippen LogP contribution is 2.65. The van der Waals surface area contributed by atoms with Crippen molar-refractivity contribution in [2.24, 2.45) is 34.5 Å². The Kier molecular flexibility index (Phi) is 5.34. The topological polar surface area (TPSA) is 61.4 Å². The van der Waals surface area contributed by atoms with Crippen LogP contribution in [-0.4, -0.2) is 36.5 Å². The summed E-state index contributed by atoms with van der Waals surface area (Å²) in [6, 6.07) is 9.87. The Morgan fingerprint density at radius 2 is 1.84 bits per heavy atom. The fraction of sp³-hybridized carbons (Fsp3) is 0.630. The summed E-state index contributed by atoms with van der Waals surface area (Å²) in [5.74, 6) is 2.79. The summed E-state index contributed by atoms with van der Waals surface area (Å²) in [4.78, 5) is 26.7. The minimum atomic E-state index is -0.106. The maximum absolute atomic E-state index is 12.5. The molecule has 3 amide bonds. The van der Waals surface area contributed by atoms with Crippen molar-refractivity contribution in [1.82, 2.24) is 10.2 Å². The van der Waals surface area contributed by atoms with Gasteiger partial charge in [0.15, 0.2) is 0 Å². The molecule has 3 aliphatic carbocycles. The molecule has 3 saturated carbocycles. The van der Waals surface area contributed by atoms with Crippen LogP contribution in [0.3, 0.4) is 0 Å². The number of benzene rings is 1. The van der Waals surface area contributed by atoms with Gasteiger partial charge in [-0.05, 0) is 85.8 Å². The number of nitrogens with zero attached hydrogens (tertiary/aromatic N) is 1. The summed E-state index contributed by atoms with van der Waals surface area (Å²) in [5, 5.41) is 6.11. The second-order valence-corrected chi connectivity index (χ2v) is 11.1. The summed E-state index contributed by atoms with van der Waals surface area (Å²) in [6.07, 6.45) is 11.3. The molecule has 4 aliphatic rings. The zero-order chi connectivity index (χ0) is 22.5. The number of amides is 3. The molecule has 7 atom stereocenters. The van der Waals surface area contributed by atoms with Gasteiger partial charge >= 0.3 is 6.03 Å². The second-order valence-electron chi connectivity index (χ2n) is 11.1. The number of carbonyl (C=O) groups excluding carboxylic acids is 2. The van der Waals surface area contributed by atoms with Crippen LogP contribution in [0.2, 0.25) is 0 Å². The van der Waals surface area contributed by atoms with E-state index >= 15 is 0 Å². The van der Waals surface area contributed by atoms with Crippen molar-refractivity contribution >= 4 is 17.6 Å². The minimum absolute atomic E-state index is 0.0960. The van der Waals surface area contributed by atoms with Crippen LogP contribution in [0.1, 0.15) is 52.4 Å². The molecule has 1 aromatic carbocycles. The average Bonchev–Trinajstić information content (AvgIpc) is 3.12. The smallest absolute Gasteiger partial charge is 0.319 e. The van der Waals surface area contributed by atoms with Crippen LogP contribution in [-0.2, 0) is 4.79 Å². The molecule has 2 N–H and O–H groups in total. The molecule has 5 nitrogen and oxygen atoms in total. The van der Waals surface area contributed by atoms with E-state index in [1.54, 1.807) is 0 Å². The molecular formula is C27H37N3O2. The first kappa shape index (κ1) is 21.5. The molecule has 172 valence electrons. The van der Waals surface area contributed by atoms with Crippen LogP contribution < -0.4 is 10.6 Å². The molecule has 3 fully saturated rings. The van der Waals surface area contributed by atoms with E-state index < -0.39 is 0 Å². The summed E-state index contributed by atoms with van der Waals surface area (Å²) in [5.41, 5.74) is 1.22. The van der Waals surface area contributed by atoms with E-state index in [-0.39, 0.29) is 17.4 Å². The number of para-hydroxylation sites is 1. The zero-order valence-electron chi connectivity index (χ0n) is 19.6. The van der Waals surface area contributed by atoms with E-state index in [1.807, 2.05) is 48.4 Å². The van der Waals surface area contributed by atoms with Gasteiger partial charge in [0.2, 0.25) is 5.91 Å². The maximum atomic E-state index is 12.5. The van der Waals surface area contributed by atoms with Crippen LogP contribution in [0, 0.1) is 34.5 Å². The van der Waals surface area contributed by atoms with Crippen molar-refractivity contribution in [3.63, 3.8) is 0 Å². The van der Waals surface area contributed by atoms with E-state index in [0.717, 1.165) is 30.5 Å². The van der Waals surface area contributed by atoms with Crippen molar-refractivity contribution in [3.05, 3.63) is 42.5 Å². The van der Waals surface area contributed by atoms with E-state index in [0.29, 0.717) is 23.3 Å². The quantitative estimate of drug-likeness (QED) is 0.697. The Balaban J connectivity index is 1.26. The number of rotatable bonds is 3. The van der Waals surface area contributed by atoms with Gasteiger partial charge in [-0.15, -0.1) is 0 Å². The molecule has 0 saturated heterocycles. The van der Waals surface area contributed by atoms with Crippen molar-refractivity contribution in [2.45, 2.75) is 58.4 Å². The number of hydrogen-bond donors (Lipinski definition) is 2. The van der Waals surface area contributed by atoms with Gasteiger partial charge in [-0.3, -0.25) is 4.79 Å². The number of nitrogens with one attached hydrogen (secondary N) is 2.